The highest BCUT2D eigenvalue weighted by molar-refractivity contribution is 5.96. The molecule has 112 valence electrons. The summed E-state index contributed by atoms with van der Waals surface area (Å²) >= 11 is 0. The Morgan fingerprint density at radius 2 is 2.05 bits per heavy atom. The second kappa shape index (κ2) is 8.67. The molecule has 0 aromatic heterocycles. The highest BCUT2D eigenvalue weighted by Gasteiger charge is 2.14. The maximum absolute atomic E-state index is 12.2. The lowest BCUT2D eigenvalue weighted by Gasteiger charge is -2.13. The van der Waals surface area contributed by atoms with Crippen LogP contribution in [0, 0.1) is 5.92 Å². The minimum absolute atomic E-state index is 0.00679. The van der Waals surface area contributed by atoms with E-state index in [1.54, 1.807) is 12.1 Å². The summed E-state index contributed by atoms with van der Waals surface area (Å²) in [6, 6.07) is 6.03. The third-order valence-corrected chi connectivity index (χ3v) is 3.40. The van der Waals surface area contributed by atoms with Crippen molar-refractivity contribution in [1.29, 1.82) is 0 Å². The molecule has 1 aromatic carbocycles. The van der Waals surface area contributed by atoms with Crippen LogP contribution in [0.1, 0.15) is 56.3 Å². The molecule has 0 saturated heterocycles. The van der Waals surface area contributed by atoms with Gasteiger partial charge in [-0.1, -0.05) is 51.7 Å². The van der Waals surface area contributed by atoms with E-state index in [9.17, 15) is 13.6 Å². The molecule has 0 aliphatic rings. The van der Waals surface area contributed by atoms with Crippen LogP contribution in [0.2, 0.25) is 0 Å². The molecule has 0 radical (unpaired) electrons. The van der Waals surface area contributed by atoms with Crippen molar-refractivity contribution in [3.63, 3.8) is 0 Å². The van der Waals surface area contributed by atoms with Gasteiger partial charge >= 0.3 is 6.61 Å². The van der Waals surface area contributed by atoms with Gasteiger partial charge in [0.15, 0.2) is 5.78 Å². The number of benzene rings is 1. The van der Waals surface area contributed by atoms with Gasteiger partial charge in [-0.3, -0.25) is 4.79 Å². The van der Waals surface area contributed by atoms with Crippen molar-refractivity contribution in [2.45, 2.75) is 52.6 Å². The highest BCUT2D eigenvalue weighted by Crippen LogP contribution is 2.22. The van der Waals surface area contributed by atoms with Gasteiger partial charge in [0.05, 0.1) is 0 Å². The van der Waals surface area contributed by atoms with Gasteiger partial charge in [-0.05, 0) is 18.1 Å². The Morgan fingerprint density at radius 1 is 1.30 bits per heavy atom. The highest BCUT2D eigenvalue weighted by atomic mass is 19.3. The molecule has 0 amide bonds. The number of carbonyl (C=O) groups is 1. The van der Waals surface area contributed by atoms with Crippen LogP contribution >= 0.6 is 0 Å². The van der Waals surface area contributed by atoms with E-state index < -0.39 is 6.61 Å². The van der Waals surface area contributed by atoms with Crippen molar-refractivity contribution in [3.05, 3.63) is 29.8 Å². The Bertz CT molecular complexity index is 419. The van der Waals surface area contributed by atoms with E-state index in [-0.39, 0.29) is 11.5 Å². The minimum atomic E-state index is -2.87. The number of ether oxygens (including phenoxy) is 1. The lowest BCUT2D eigenvalue weighted by Crippen LogP contribution is -2.09. The zero-order chi connectivity index (χ0) is 15.0. The van der Waals surface area contributed by atoms with Crippen molar-refractivity contribution < 1.29 is 18.3 Å². The Morgan fingerprint density at radius 3 is 2.65 bits per heavy atom. The summed E-state index contributed by atoms with van der Waals surface area (Å²) in [5.74, 6) is 0.391. The van der Waals surface area contributed by atoms with E-state index in [0.717, 1.165) is 25.7 Å². The van der Waals surface area contributed by atoms with E-state index in [0.29, 0.717) is 17.9 Å². The number of Topliss-reactive ketones (excluding diaryl/α,β-unsaturated/α-hetero) is 1. The number of unbranched alkanes of at least 4 members (excludes halogenated alkanes) is 1. The number of hydrogen-bond acceptors (Lipinski definition) is 2. The molecule has 4 heteroatoms. The fourth-order valence-electron chi connectivity index (χ4n) is 2.17. The summed E-state index contributed by atoms with van der Waals surface area (Å²) in [6.07, 6.45) is 4.68. The second-order valence-electron chi connectivity index (χ2n) is 4.95. The Balaban J connectivity index is 2.66. The van der Waals surface area contributed by atoms with Crippen LogP contribution in [0.25, 0.3) is 0 Å². The van der Waals surface area contributed by atoms with Crippen molar-refractivity contribution >= 4 is 5.78 Å². The number of rotatable bonds is 9. The van der Waals surface area contributed by atoms with E-state index in [2.05, 4.69) is 18.6 Å². The van der Waals surface area contributed by atoms with Crippen LogP contribution < -0.4 is 4.74 Å². The van der Waals surface area contributed by atoms with Crippen LogP contribution in [-0.4, -0.2) is 12.4 Å². The molecule has 1 aromatic rings. The third-order valence-electron chi connectivity index (χ3n) is 3.40. The maximum atomic E-state index is 12.2. The SMILES string of the molecule is CCCCC(CC)CC(=O)c1cccc(OC(F)F)c1. The number of ketones is 1. The predicted octanol–water partition coefficient (Wildman–Crippen LogP) is 5.08. The van der Waals surface area contributed by atoms with Crippen LogP contribution in [0.3, 0.4) is 0 Å². The van der Waals surface area contributed by atoms with Crippen LogP contribution in [-0.2, 0) is 0 Å². The van der Waals surface area contributed by atoms with Gasteiger partial charge < -0.3 is 4.74 Å². The Labute approximate surface area is 119 Å². The number of alkyl halides is 2. The standard InChI is InChI=1S/C16H22F2O2/c1-3-5-7-12(4-2)10-15(19)13-8-6-9-14(11-13)20-16(17)18/h6,8-9,11-12,16H,3-5,7,10H2,1-2H3. The van der Waals surface area contributed by atoms with Crippen molar-refractivity contribution in [3.8, 4) is 5.75 Å². The smallest absolute Gasteiger partial charge is 0.387 e. The summed E-state index contributed by atoms with van der Waals surface area (Å²) in [5, 5.41) is 0. The molecule has 1 atom stereocenters. The molecule has 0 N–H and O–H groups in total. The molecule has 0 fully saturated rings. The summed E-state index contributed by atoms with van der Waals surface area (Å²) in [7, 11) is 0. The molecule has 0 spiro atoms. The van der Waals surface area contributed by atoms with E-state index in [1.165, 1.54) is 12.1 Å². The fraction of sp³-hybridized carbons (Fsp3) is 0.562. The van der Waals surface area contributed by atoms with E-state index in [4.69, 9.17) is 0 Å². The number of carbonyl (C=O) groups excluding carboxylic acids is 1. The van der Waals surface area contributed by atoms with Crippen LogP contribution in [0.4, 0.5) is 8.78 Å². The van der Waals surface area contributed by atoms with Gasteiger partial charge in [0.1, 0.15) is 5.75 Å². The molecule has 0 aliphatic heterocycles. The molecular formula is C16H22F2O2. The van der Waals surface area contributed by atoms with Gasteiger partial charge in [0.2, 0.25) is 0 Å². The third kappa shape index (κ3) is 5.68. The largest absolute Gasteiger partial charge is 0.435 e. The van der Waals surface area contributed by atoms with Gasteiger partial charge in [-0.2, -0.15) is 8.78 Å². The topological polar surface area (TPSA) is 26.3 Å². The van der Waals surface area contributed by atoms with Gasteiger partial charge in [-0.25, -0.2) is 0 Å². The lowest BCUT2D eigenvalue weighted by atomic mass is 9.91. The first-order valence-electron chi connectivity index (χ1n) is 7.14. The van der Waals surface area contributed by atoms with Crippen molar-refractivity contribution in [2.24, 2.45) is 5.92 Å². The van der Waals surface area contributed by atoms with Gasteiger partial charge in [0, 0.05) is 12.0 Å². The minimum Gasteiger partial charge on any atom is -0.435 e. The average Bonchev–Trinajstić information content (AvgIpc) is 2.42. The van der Waals surface area contributed by atoms with Gasteiger partial charge in [-0.15, -0.1) is 0 Å². The summed E-state index contributed by atoms with van der Waals surface area (Å²) < 4.78 is 28.6. The average molecular weight is 284 g/mol. The van der Waals surface area contributed by atoms with Crippen LogP contribution in [0.15, 0.2) is 24.3 Å². The first kappa shape index (κ1) is 16.6. The quantitative estimate of drug-likeness (QED) is 0.591. The second-order valence-corrected chi connectivity index (χ2v) is 4.95. The molecule has 0 heterocycles. The molecule has 1 rings (SSSR count). The molecule has 1 unspecified atom stereocenters. The van der Waals surface area contributed by atoms with Gasteiger partial charge in [0.25, 0.3) is 0 Å². The molecular weight excluding hydrogens is 262 g/mol. The normalized spacial score (nSPS) is 12.4. The zero-order valence-corrected chi connectivity index (χ0v) is 12.1. The fourth-order valence-corrected chi connectivity index (χ4v) is 2.17. The Kier molecular flexibility index (Phi) is 7.20. The number of halogens is 2. The summed E-state index contributed by atoms with van der Waals surface area (Å²) in [6.45, 7) is 1.33. The van der Waals surface area contributed by atoms with Crippen molar-refractivity contribution in [1.82, 2.24) is 0 Å². The first-order valence-corrected chi connectivity index (χ1v) is 7.14. The first-order chi connectivity index (χ1) is 9.56. The lowest BCUT2D eigenvalue weighted by molar-refractivity contribution is -0.0498. The van der Waals surface area contributed by atoms with Crippen LogP contribution in [0.5, 0.6) is 5.75 Å². The summed E-state index contributed by atoms with van der Waals surface area (Å²) in [4.78, 5) is 12.2. The van der Waals surface area contributed by atoms with E-state index in [1.807, 2.05) is 0 Å². The van der Waals surface area contributed by atoms with E-state index >= 15 is 0 Å². The molecule has 0 bridgehead atoms. The summed E-state index contributed by atoms with van der Waals surface area (Å²) in [5.41, 5.74) is 0.443. The molecule has 20 heavy (non-hydrogen) atoms. The Hall–Kier alpha value is -1.45. The van der Waals surface area contributed by atoms with Crippen molar-refractivity contribution in [2.75, 3.05) is 0 Å². The molecule has 0 aliphatic carbocycles. The zero-order valence-electron chi connectivity index (χ0n) is 12.1. The maximum Gasteiger partial charge on any atom is 0.387 e. The molecule has 2 nitrogen and oxygen atoms in total. The predicted molar refractivity (Wildman–Crippen MR) is 75.3 cm³/mol. The molecule has 0 saturated carbocycles. The number of hydrogen-bond donors (Lipinski definition) is 0. The monoisotopic (exact) mass is 284 g/mol.